The number of carbonyl (C=O) groups is 2. The summed E-state index contributed by atoms with van der Waals surface area (Å²) in [6, 6.07) is 0. The molecule has 1 heterocycles. The number of carbonyl (C=O) groups excluding carboxylic acids is 2. The molecule has 1 aliphatic carbocycles. The minimum absolute atomic E-state index is 0.0698. The molecule has 19 heavy (non-hydrogen) atoms. The van der Waals surface area contributed by atoms with E-state index in [1.165, 1.54) is 11.3 Å². The van der Waals surface area contributed by atoms with Crippen molar-refractivity contribution in [2.45, 2.75) is 52.6 Å². The van der Waals surface area contributed by atoms with Crippen LogP contribution in [0.4, 0.5) is 9.80 Å². The molecule has 104 valence electrons. The molecule has 0 aliphatic heterocycles. The molecule has 0 fully saturated rings. The molecule has 0 saturated carbocycles. The number of thiophene rings is 1. The topological polar surface area (TPSA) is 55.4 Å². The first-order chi connectivity index (χ1) is 8.78. The van der Waals surface area contributed by atoms with E-state index in [-0.39, 0.29) is 5.78 Å². The van der Waals surface area contributed by atoms with Crippen molar-refractivity contribution in [3.8, 4) is 0 Å². The molecule has 1 aromatic heterocycles. The van der Waals surface area contributed by atoms with Gasteiger partial charge in [-0.15, -0.1) is 11.3 Å². The average molecular weight is 281 g/mol. The minimum atomic E-state index is -0.520. The lowest BCUT2D eigenvalue weighted by Crippen LogP contribution is -2.27. The Morgan fingerprint density at radius 2 is 1.84 bits per heavy atom. The molecule has 1 amide bonds. The highest BCUT2D eigenvalue weighted by Crippen LogP contribution is 2.39. The maximum Gasteiger partial charge on any atom is 0.412 e. The van der Waals surface area contributed by atoms with Crippen LogP contribution in [0.1, 0.15) is 54.9 Å². The van der Waals surface area contributed by atoms with Crippen LogP contribution in [0.15, 0.2) is 0 Å². The molecule has 0 aromatic carbocycles. The van der Waals surface area contributed by atoms with Gasteiger partial charge in [-0.2, -0.15) is 0 Å². The van der Waals surface area contributed by atoms with Crippen molar-refractivity contribution in [2.24, 2.45) is 0 Å². The Labute approximate surface area is 117 Å². The van der Waals surface area contributed by atoms with Gasteiger partial charge >= 0.3 is 6.09 Å². The van der Waals surface area contributed by atoms with Crippen molar-refractivity contribution < 1.29 is 14.3 Å². The lowest BCUT2D eigenvalue weighted by atomic mass is 10.1. The van der Waals surface area contributed by atoms with E-state index < -0.39 is 11.7 Å². The summed E-state index contributed by atoms with van der Waals surface area (Å²) in [5, 5.41) is 3.55. The monoisotopic (exact) mass is 281 g/mol. The molecular formula is C14H19NO3S. The fourth-order valence-corrected chi connectivity index (χ4v) is 3.43. The van der Waals surface area contributed by atoms with E-state index in [9.17, 15) is 9.59 Å². The summed E-state index contributed by atoms with van der Waals surface area (Å²) in [7, 11) is 0. The number of ketones is 1. The molecule has 2 rings (SSSR count). The van der Waals surface area contributed by atoms with Crippen molar-refractivity contribution >= 4 is 28.2 Å². The van der Waals surface area contributed by atoms with E-state index in [0.29, 0.717) is 0 Å². The molecule has 1 aliphatic rings. The van der Waals surface area contributed by atoms with Gasteiger partial charge in [0.15, 0.2) is 5.78 Å². The number of rotatable bonds is 2. The lowest BCUT2D eigenvalue weighted by molar-refractivity contribution is 0.0636. The minimum Gasteiger partial charge on any atom is -0.444 e. The summed E-state index contributed by atoms with van der Waals surface area (Å²) < 4.78 is 5.24. The highest BCUT2D eigenvalue weighted by Gasteiger charge is 2.26. The van der Waals surface area contributed by atoms with Gasteiger partial charge in [0, 0.05) is 0 Å². The Hall–Kier alpha value is -1.36. The van der Waals surface area contributed by atoms with Gasteiger partial charge in [0.05, 0.1) is 4.88 Å². The Bertz CT molecular complexity index is 526. The fraction of sp³-hybridized carbons (Fsp3) is 0.571. The summed E-state index contributed by atoms with van der Waals surface area (Å²) in [6.45, 7) is 7.05. The number of fused-ring (bicyclic) bond motifs is 1. The number of ether oxygens (including phenoxy) is 1. The van der Waals surface area contributed by atoms with Gasteiger partial charge in [0.1, 0.15) is 10.6 Å². The molecule has 1 N–H and O–H groups in total. The van der Waals surface area contributed by atoms with Gasteiger partial charge in [-0.05, 0) is 58.1 Å². The molecule has 0 bridgehead atoms. The van der Waals surface area contributed by atoms with Gasteiger partial charge in [0.2, 0.25) is 0 Å². The molecule has 5 heteroatoms. The Morgan fingerprint density at radius 3 is 2.42 bits per heavy atom. The maximum absolute atomic E-state index is 11.8. The molecule has 0 spiro atoms. The number of hydrogen-bond acceptors (Lipinski definition) is 4. The van der Waals surface area contributed by atoms with Crippen LogP contribution >= 0.6 is 11.3 Å². The molecule has 0 radical (unpaired) electrons. The first-order valence-corrected chi connectivity index (χ1v) is 7.25. The van der Waals surface area contributed by atoms with Crippen LogP contribution in [0, 0.1) is 0 Å². The zero-order valence-electron chi connectivity index (χ0n) is 11.8. The fourth-order valence-electron chi connectivity index (χ4n) is 2.25. The Morgan fingerprint density at radius 1 is 1.21 bits per heavy atom. The summed E-state index contributed by atoms with van der Waals surface area (Å²) >= 11 is 1.36. The summed E-state index contributed by atoms with van der Waals surface area (Å²) in [5.41, 5.74) is 1.71. The van der Waals surface area contributed by atoms with Crippen molar-refractivity contribution in [1.82, 2.24) is 0 Å². The van der Waals surface area contributed by atoms with Crippen LogP contribution in [0.3, 0.4) is 0 Å². The van der Waals surface area contributed by atoms with Crippen LogP contribution in [0.2, 0.25) is 0 Å². The van der Waals surface area contributed by atoms with E-state index in [1.54, 1.807) is 6.92 Å². The van der Waals surface area contributed by atoms with Gasteiger partial charge < -0.3 is 4.74 Å². The number of nitrogens with one attached hydrogen (secondary N) is 1. The van der Waals surface area contributed by atoms with Gasteiger partial charge in [0.25, 0.3) is 0 Å². The smallest absolute Gasteiger partial charge is 0.412 e. The third-order valence-electron chi connectivity index (χ3n) is 2.90. The number of amides is 1. The van der Waals surface area contributed by atoms with Crippen LogP contribution in [-0.4, -0.2) is 17.5 Å². The average Bonchev–Trinajstić information content (AvgIpc) is 2.78. The second-order valence-electron chi connectivity index (χ2n) is 5.75. The zero-order chi connectivity index (χ0) is 14.2. The quantitative estimate of drug-likeness (QED) is 0.839. The summed E-state index contributed by atoms with van der Waals surface area (Å²) in [4.78, 5) is 24.2. The highest BCUT2D eigenvalue weighted by atomic mass is 32.1. The van der Waals surface area contributed by atoms with Crippen molar-refractivity contribution in [3.63, 3.8) is 0 Å². The van der Waals surface area contributed by atoms with Crippen LogP contribution in [0.25, 0.3) is 0 Å². The van der Waals surface area contributed by atoms with E-state index in [1.807, 2.05) is 20.8 Å². The zero-order valence-corrected chi connectivity index (χ0v) is 12.6. The van der Waals surface area contributed by atoms with E-state index in [0.717, 1.165) is 40.3 Å². The number of hydrogen-bond donors (Lipinski definition) is 1. The maximum atomic E-state index is 11.8. The van der Waals surface area contributed by atoms with E-state index in [4.69, 9.17) is 4.74 Å². The number of anilines is 1. The normalized spacial score (nSPS) is 14.1. The standard InChI is InChI=1S/C14H19NO3S/c1-8(16)11-9-6-5-7-10(9)12(19-11)15-13(17)18-14(2,3)4/h5-7H2,1-4H3,(H,15,17). The second-order valence-corrected chi connectivity index (χ2v) is 6.77. The van der Waals surface area contributed by atoms with Gasteiger partial charge in [-0.3, -0.25) is 10.1 Å². The first-order valence-electron chi connectivity index (χ1n) is 6.43. The van der Waals surface area contributed by atoms with Gasteiger partial charge in [-0.25, -0.2) is 4.79 Å². The molecule has 4 nitrogen and oxygen atoms in total. The Kier molecular flexibility index (Phi) is 3.67. The predicted octanol–water partition coefficient (Wildman–Crippen LogP) is 3.79. The first kappa shape index (κ1) is 14.1. The van der Waals surface area contributed by atoms with Crippen LogP contribution in [0.5, 0.6) is 0 Å². The SMILES string of the molecule is CC(=O)c1sc(NC(=O)OC(C)(C)C)c2c1CCC2. The van der Waals surface area contributed by atoms with Crippen molar-refractivity contribution in [2.75, 3.05) is 5.32 Å². The largest absolute Gasteiger partial charge is 0.444 e. The highest BCUT2D eigenvalue weighted by molar-refractivity contribution is 7.18. The molecule has 1 aromatic rings. The lowest BCUT2D eigenvalue weighted by Gasteiger charge is -2.19. The van der Waals surface area contributed by atoms with E-state index in [2.05, 4.69) is 5.32 Å². The van der Waals surface area contributed by atoms with Crippen molar-refractivity contribution in [3.05, 3.63) is 16.0 Å². The second kappa shape index (κ2) is 4.96. The number of Topliss-reactive ketones (excluding diaryl/α,β-unsaturated/α-hetero) is 1. The van der Waals surface area contributed by atoms with Crippen LogP contribution in [-0.2, 0) is 17.6 Å². The summed E-state index contributed by atoms with van der Waals surface area (Å²) in [6.07, 6.45) is 2.43. The molecular weight excluding hydrogens is 262 g/mol. The summed E-state index contributed by atoms with van der Waals surface area (Å²) in [5.74, 6) is 0.0698. The molecule has 0 unspecified atom stereocenters. The molecule has 0 atom stereocenters. The predicted molar refractivity (Wildman–Crippen MR) is 76.2 cm³/mol. The van der Waals surface area contributed by atoms with Gasteiger partial charge in [-0.1, -0.05) is 0 Å². The van der Waals surface area contributed by atoms with Crippen molar-refractivity contribution in [1.29, 1.82) is 0 Å². The third-order valence-corrected chi connectivity index (χ3v) is 4.19. The van der Waals surface area contributed by atoms with E-state index >= 15 is 0 Å². The van der Waals surface area contributed by atoms with Crippen LogP contribution < -0.4 is 5.32 Å². The third kappa shape index (κ3) is 3.15. The molecule has 0 saturated heterocycles. The Balaban J connectivity index is 2.20.